The van der Waals surface area contributed by atoms with Gasteiger partial charge in [0.25, 0.3) is 0 Å². The number of rotatable bonds is 8. The Kier molecular flexibility index (Phi) is 8.13. The largest absolute Gasteiger partial charge is 0.369 e. The fourth-order valence-corrected chi connectivity index (χ4v) is 3.96. The van der Waals surface area contributed by atoms with Gasteiger partial charge in [0.15, 0.2) is 5.96 Å². The molecule has 0 bridgehead atoms. The van der Waals surface area contributed by atoms with Gasteiger partial charge >= 0.3 is 0 Å². The van der Waals surface area contributed by atoms with E-state index in [1.807, 2.05) is 7.05 Å². The zero-order chi connectivity index (χ0) is 21.3. The Bertz CT molecular complexity index is 774. The van der Waals surface area contributed by atoms with Gasteiger partial charge in [-0.15, -0.1) is 0 Å². The van der Waals surface area contributed by atoms with Gasteiger partial charge in [-0.1, -0.05) is 37.2 Å². The van der Waals surface area contributed by atoms with Crippen molar-refractivity contribution >= 4 is 11.6 Å². The third kappa shape index (κ3) is 5.53. The Labute approximate surface area is 180 Å². The third-order valence-electron chi connectivity index (χ3n) is 5.89. The van der Waals surface area contributed by atoms with Crippen LogP contribution in [0.15, 0.2) is 39.8 Å². The van der Waals surface area contributed by atoms with Gasteiger partial charge in [0.1, 0.15) is 5.76 Å². The monoisotopic (exact) mass is 412 g/mol. The molecule has 0 amide bonds. The van der Waals surface area contributed by atoms with E-state index in [4.69, 9.17) is 4.52 Å². The van der Waals surface area contributed by atoms with E-state index in [2.05, 4.69) is 81.7 Å². The number of aromatic nitrogens is 1. The number of anilines is 1. The maximum atomic E-state index is 5.46. The highest BCUT2D eigenvalue weighted by molar-refractivity contribution is 5.79. The topological polar surface area (TPSA) is 68.9 Å². The predicted octanol–water partition coefficient (Wildman–Crippen LogP) is 2.68. The summed E-state index contributed by atoms with van der Waals surface area (Å²) in [5.74, 6) is 1.77. The van der Waals surface area contributed by atoms with Crippen LogP contribution in [0.2, 0.25) is 0 Å². The molecule has 0 saturated carbocycles. The summed E-state index contributed by atoms with van der Waals surface area (Å²) in [5.41, 5.74) is 3.51. The maximum absolute atomic E-state index is 5.46. The van der Waals surface area contributed by atoms with Crippen LogP contribution in [-0.4, -0.2) is 61.8 Å². The average Bonchev–Trinajstić information content (AvgIpc) is 3.21. The average molecular weight is 413 g/mol. The number of nitrogens with one attached hydrogen (secondary N) is 2. The van der Waals surface area contributed by atoms with Crippen molar-refractivity contribution in [2.75, 3.05) is 44.7 Å². The summed E-state index contributed by atoms with van der Waals surface area (Å²) in [6.07, 6.45) is 1.72. The molecular weight excluding hydrogens is 376 g/mol. The molecule has 0 aliphatic carbocycles. The van der Waals surface area contributed by atoms with Crippen LogP contribution in [-0.2, 0) is 19.4 Å². The molecule has 1 aromatic heterocycles. The van der Waals surface area contributed by atoms with Gasteiger partial charge in [0, 0.05) is 70.0 Å². The van der Waals surface area contributed by atoms with E-state index in [1.54, 1.807) is 0 Å². The van der Waals surface area contributed by atoms with E-state index in [-0.39, 0.29) is 0 Å². The normalized spacial score (nSPS) is 16.5. The van der Waals surface area contributed by atoms with Crippen LogP contribution in [0.25, 0.3) is 0 Å². The first-order valence-electron chi connectivity index (χ1n) is 11.1. The molecule has 7 heteroatoms. The molecule has 2 heterocycles. The molecule has 0 radical (unpaired) electrons. The second-order valence-electron chi connectivity index (χ2n) is 7.75. The van der Waals surface area contributed by atoms with Gasteiger partial charge in [0.05, 0.1) is 5.69 Å². The van der Waals surface area contributed by atoms with Crippen LogP contribution in [0.5, 0.6) is 0 Å². The second kappa shape index (κ2) is 11.0. The van der Waals surface area contributed by atoms with E-state index >= 15 is 0 Å². The molecule has 3 rings (SSSR count). The van der Waals surface area contributed by atoms with Crippen LogP contribution in [0.3, 0.4) is 0 Å². The molecule has 2 aromatic rings. The summed E-state index contributed by atoms with van der Waals surface area (Å²) in [6, 6.07) is 11.1. The number of para-hydroxylation sites is 1. The number of benzene rings is 1. The lowest BCUT2D eigenvalue weighted by Crippen LogP contribution is -2.53. The number of piperazine rings is 1. The Morgan fingerprint density at radius 2 is 1.83 bits per heavy atom. The second-order valence-corrected chi connectivity index (χ2v) is 7.75. The molecule has 1 unspecified atom stereocenters. The number of guanidine groups is 1. The Hall–Kier alpha value is -2.54. The molecule has 0 spiro atoms. The summed E-state index contributed by atoms with van der Waals surface area (Å²) < 4.78 is 5.46. The minimum atomic E-state index is 0.439. The fraction of sp³-hybridized carbons (Fsp3) is 0.565. The van der Waals surface area contributed by atoms with Crippen molar-refractivity contribution in [3.63, 3.8) is 0 Å². The van der Waals surface area contributed by atoms with Crippen molar-refractivity contribution in [2.24, 2.45) is 4.99 Å². The van der Waals surface area contributed by atoms with Crippen LogP contribution in [0, 0.1) is 0 Å². The first-order valence-corrected chi connectivity index (χ1v) is 11.1. The quantitative estimate of drug-likeness (QED) is 0.513. The number of aliphatic imine (C=N–C) groups is 1. The first kappa shape index (κ1) is 22.2. The lowest BCUT2D eigenvalue weighted by Gasteiger charge is -2.39. The highest BCUT2D eigenvalue weighted by atomic mass is 16.5. The molecule has 1 fully saturated rings. The third-order valence-corrected chi connectivity index (χ3v) is 5.89. The zero-order valence-electron chi connectivity index (χ0n) is 18.8. The van der Waals surface area contributed by atoms with Gasteiger partial charge in [-0.3, -0.25) is 9.89 Å². The van der Waals surface area contributed by atoms with E-state index in [9.17, 15) is 0 Å². The molecule has 164 valence electrons. The molecule has 1 atom stereocenters. The smallest absolute Gasteiger partial charge is 0.191 e. The van der Waals surface area contributed by atoms with Crippen molar-refractivity contribution in [3.8, 4) is 0 Å². The van der Waals surface area contributed by atoms with Crippen LogP contribution < -0.4 is 15.5 Å². The molecule has 1 saturated heterocycles. The number of hydrogen-bond acceptors (Lipinski definition) is 5. The van der Waals surface area contributed by atoms with Crippen molar-refractivity contribution in [1.29, 1.82) is 0 Å². The maximum Gasteiger partial charge on any atom is 0.191 e. The van der Waals surface area contributed by atoms with Gasteiger partial charge in [-0.2, -0.15) is 0 Å². The minimum absolute atomic E-state index is 0.439. The number of hydrogen-bond donors (Lipinski definition) is 2. The Morgan fingerprint density at radius 1 is 1.10 bits per heavy atom. The van der Waals surface area contributed by atoms with E-state index < -0.39 is 0 Å². The van der Waals surface area contributed by atoms with Crippen molar-refractivity contribution in [2.45, 2.75) is 46.2 Å². The van der Waals surface area contributed by atoms with Crippen LogP contribution in [0.4, 0.5) is 5.69 Å². The summed E-state index contributed by atoms with van der Waals surface area (Å²) in [5, 5.41) is 11.1. The molecule has 2 N–H and O–H groups in total. The molecule has 1 aromatic carbocycles. The summed E-state index contributed by atoms with van der Waals surface area (Å²) in [4.78, 5) is 9.39. The van der Waals surface area contributed by atoms with E-state index in [0.717, 1.165) is 68.5 Å². The fourth-order valence-electron chi connectivity index (χ4n) is 3.96. The van der Waals surface area contributed by atoms with Gasteiger partial charge in [0.2, 0.25) is 0 Å². The Balaban J connectivity index is 1.44. The number of aryl methyl sites for hydroxylation is 2. The molecular formula is C23H36N6O. The molecule has 1 aliphatic rings. The van der Waals surface area contributed by atoms with Crippen molar-refractivity contribution in [1.82, 2.24) is 20.7 Å². The summed E-state index contributed by atoms with van der Waals surface area (Å²) >= 11 is 0. The van der Waals surface area contributed by atoms with Crippen LogP contribution >= 0.6 is 0 Å². The highest BCUT2D eigenvalue weighted by Gasteiger charge is 2.21. The van der Waals surface area contributed by atoms with E-state index in [0.29, 0.717) is 12.6 Å². The Morgan fingerprint density at radius 3 is 2.47 bits per heavy atom. The number of nitrogens with zero attached hydrogens (tertiary/aromatic N) is 4. The predicted molar refractivity (Wildman–Crippen MR) is 123 cm³/mol. The highest BCUT2D eigenvalue weighted by Crippen LogP contribution is 2.17. The molecule has 30 heavy (non-hydrogen) atoms. The lowest BCUT2D eigenvalue weighted by atomic mass is 10.1. The van der Waals surface area contributed by atoms with Gasteiger partial charge < -0.3 is 20.1 Å². The van der Waals surface area contributed by atoms with Gasteiger partial charge in [-0.25, -0.2) is 0 Å². The van der Waals surface area contributed by atoms with Crippen LogP contribution in [0.1, 0.15) is 37.8 Å². The summed E-state index contributed by atoms with van der Waals surface area (Å²) in [7, 11) is 1.81. The molecule has 7 nitrogen and oxygen atoms in total. The zero-order valence-corrected chi connectivity index (χ0v) is 18.8. The standard InChI is InChI=1S/C23H36N6O/c1-5-21-20(22(6-2)30-27-21)17-26-23(24-4)25-16-18(3)28-12-14-29(15-13-28)19-10-8-7-9-11-19/h7-11,18H,5-6,12-17H2,1-4H3,(H2,24,25,26). The van der Waals surface area contributed by atoms with E-state index in [1.165, 1.54) is 5.69 Å². The first-order chi connectivity index (χ1) is 14.7. The SMILES string of the molecule is CCc1noc(CC)c1CNC(=NC)NCC(C)N1CCN(c2ccccc2)CC1. The van der Waals surface area contributed by atoms with Crippen molar-refractivity contribution < 1.29 is 4.52 Å². The van der Waals surface area contributed by atoms with Gasteiger partial charge in [-0.05, 0) is 25.5 Å². The van der Waals surface area contributed by atoms with Crippen molar-refractivity contribution in [3.05, 3.63) is 47.3 Å². The minimum Gasteiger partial charge on any atom is -0.369 e. The molecule has 1 aliphatic heterocycles. The lowest BCUT2D eigenvalue weighted by molar-refractivity contribution is 0.197. The summed E-state index contributed by atoms with van der Waals surface area (Å²) in [6.45, 7) is 12.3.